The van der Waals surface area contributed by atoms with Gasteiger partial charge < -0.3 is 14.7 Å². The molecule has 0 spiro atoms. The van der Waals surface area contributed by atoms with Gasteiger partial charge in [-0.3, -0.25) is 0 Å². The molecule has 2 aliphatic rings. The molecule has 1 amide bonds. The van der Waals surface area contributed by atoms with Crippen LogP contribution in [0.3, 0.4) is 0 Å². The zero-order chi connectivity index (χ0) is 20.7. The van der Waals surface area contributed by atoms with Crippen molar-refractivity contribution in [3.63, 3.8) is 0 Å². The summed E-state index contributed by atoms with van der Waals surface area (Å²) in [4.78, 5) is 29.7. The Bertz CT molecular complexity index is 1070. The van der Waals surface area contributed by atoms with Crippen LogP contribution in [0.15, 0.2) is 48.1 Å². The highest BCUT2D eigenvalue weighted by Gasteiger charge is 2.43. The molecule has 2 aromatic heterocycles. The third kappa shape index (κ3) is 3.56. The van der Waals surface area contributed by atoms with Gasteiger partial charge in [-0.25, -0.2) is 14.6 Å². The second-order valence-electron chi connectivity index (χ2n) is 7.73. The Balaban J connectivity index is 1.20. The lowest BCUT2D eigenvalue weighted by Gasteiger charge is -2.20. The number of aromatic carboxylic acids is 1. The fourth-order valence-electron chi connectivity index (χ4n) is 4.45. The van der Waals surface area contributed by atoms with E-state index in [1.54, 1.807) is 22.4 Å². The van der Waals surface area contributed by atoms with E-state index in [1.165, 1.54) is 12.3 Å². The summed E-state index contributed by atoms with van der Waals surface area (Å²) in [6.07, 6.45) is 5.13. The van der Waals surface area contributed by atoms with Crippen molar-refractivity contribution in [2.45, 2.75) is 18.9 Å². The van der Waals surface area contributed by atoms with Crippen molar-refractivity contribution in [1.82, 2.24) is 19.7 Å². The van der Waals surface area contributed by atoms with Gasteiger partial charge in [-0.15, -0.1) is 11.3 Å². The molecule has 2 fully saturated rings. The normalized spacial score (nSPS) is 22.8. The first-order valence-corrected chi connectivity index (χ1v) is 10.7. The first kappa shape index (κ1) is 18.8. The van der Waals surface area contributed by atoms with Crippen LogP contribution in [0.2, 0.25) is 0 Å². The molecule has 30 heavy (non-hydrogen) atoms. The quantitative estimate of drug-likeness (QED) is 0.689. The van der Waals surface area contributed by atoms with Crippen LogP contribution >= 0.6 is 11.3 Å². The SMILES string of the molecule is O=C(O)c1ccn(C(=O)N2CC3CC(Oc4cccc(-c5nccs5)c4)CC3C2)n1. The predicted octanol–water partition coefficient (Wildman–Crippen LogP) is 3.46. The Hall–Kier alpha value is -3.20. The second-order valence-corrected chi connectivity index (χ2v) is 8.63. The van der Waals surface area contributed by atoms with Crippen LogP contribution in [0.4, 0.5) is 4.79 Å². The molecule has 8 nitrogen and oxygen atoms in total. The Kier molecular flexibility index (Phi) is 4.74. The molecule has 1 saturated carbocycles. The summed E-state index contributed by atoms with van der Waals surface area (Å²) in [5, 5.41) is 15.8. The number of rotatable bonds is 4. The molecule has 5 rings (SSSR count). The molecule has 1 N–H and O–H groups in total. The highest BCUT2D eigenvalue weighted by atomic mass is 32.1. The van der Waals surface area contributed by atoms with Crippen LogP contribution in [0.5, 0.6) is 5.75 Å². The topological polar surface area (TPSA) is 97.5 Å². The highest BCUT2D eigenvalue weighted by molar-refractivity contribution is 7.13. The molecule has 3 heterocycles. The molecule has 1 aliphatic carbocycles. The second kappa shape index (κ2) is 7.56. The first-order chi connectivity index (χ1) is 14.6. The van der Waals surface area contributed by atoms with Gasteiger partial charge in [-0.1, -0.05) is 12.1 Å². The van der Waals surface area contributed by atoms with Crippen molar-refractivity contribution in [1.29, 1.82) is 0 Å². The fourth-order valence-corrected chi connectivity index (χ4v) is 5.08. The lowest BCUT2D eigenvalue weighted by atomic mass is 10.0. The molecule has 2 unspecified atom stereocenters. The number of nitrogens with zero attached hydrogens (tertiary/aromatic N) is 4. The average molecular weight is 424 g/mol. The van der Waals surface area contributed by atoms with E-state index in [0.29, 0.717) is 24.9 Å². The van der Waals surface area contributed by atoms with E-state index < -0.39 is 5.97 Å². The third-order valence-corrected chi connectivity index (χ3v) is 6.62. The van der Waals surface area contributed by atoms with Crippen LogP contribution in [0, 0.1) is 11.8 Å². The molecule has 9 heteroatoms. The van der Waals surface area contributed by atoms with Crippen molar-refractivity contribution in [2.75, 3.05) is 13.1 Å². The van der Waals surface area contributed by atoms with Crippen LogP contribution in [-0.4, -0.2) is 56.0 Å². The number of carboxylic acid groups (broad SMARTS) is 1. The van der Waals surface area contributed by atoms with Gasteiger partial charge in [0.25, 0.3) is 0 Å². The van der Waals surface area contributed by atoms with Gasteiger partial charge in [-0.05, 0) is 42.9 Å². The predicted molar refractivity (Wildman–Crippen MR) is 110 cm³/mol. The Labute approximate surface area is 176 Å². The maximum absolute atomic E-state index is 12.6. The van der Waals surface area contributed by atoms with Gasteiger partial charge in [0.15, 0.2) is 5.69 Å². The van der Waals surface area contributed by atoms with Gasteiger partial charge in [-0.2, -0.15) is 9.78 Å². The fraction of sp³-hybridized carbons (Fsp3) is 0.333. The van der Waals surface area contributed by atoms with E-state index in [-0.39, 0.29) is 17.8 Å². The summed E-state index contributed by atoms with van der Waals surface area (Å²) in [5.41, 5.74) is 0.925. The summed E-state index contributed by atoms with van der Waals surface area (Å²) in [6.45, 7) is 1.29. The average Bonchev–Trinajstić information content (AvgIpc) is 3.50. The Morgan fingerprint density at radius 1 is 1.17 bits per heavy atom. The van der Waals surface area contributed by atoms with Gasteiger partial charge in [0.1, 0.15) is 10.8 Å². The van der Waals surface area contributed by atoms with Crippen LogP contribution < -0.4 is 4.74 Å². The molecule has 3 aromatic rings. The van der Waals surface area contributed by atoms with E-state index in [4.69, 9.17) is 9.84 Å². The molecule has 1 saturated heterocycles. The van der Waals surface area contributed by atoms with Gasteiger partial charge in [0, 0.05) is 36.4 Å². The molecule has 0 radical (unpaired) electrons. The zero-order valence-corrected chi connectivity index (χ0v) is 16.9. The highest BCUT2D eigenvalue weighted by Crippen LogP contribution is 2.40. The molecular weight excluding hydrogens is 404 g/mol. The molecule has 1 aromatic carbocycles. The number of carbonyl (C=O) groups is 2. The number of carboxylic acids is 1. The number of thiazole rings is 1. The Morgan fingerprint density at radius 3 is 2.63 bits per heavy atom. The number of fused-ring (bicyclic) bond motifs is 1. The van der Waals surface area contributed by atoms with Gasteiger partial charge in [0.2, 0.25) is 0 Å². The van der Waals surface area contributed by atoms with E-state index in [1.807, 2.05) is 29.6 Å². The third-order valence-electron chi connectivity index (χ3n) is 5.80. The molecule has 2 atom stereocenters. The smallest absolute Gasteiger partial charge is 0.356 e. The minimum absolute atomic E-state index is 0.129. The van der Waals surface area contributed by atoms with Gasteiger partial charge >= 0.3 is 12.0 Å². The van der Waals surface area contributed by atoms with E-state index in [0.717, 1.165) is 33.8 Å². The summed E-state index contributed by atoms with van der Waals surface area (Å²) in [7, 11) is 0. The summed E-state index contributed by atoms with van der Waals surface area (Å²) < 4.78 is 7.36. The van der Waals surface area contributed by atoms with Crippen molar-refractivity contribution in [3.05, 3.63) is 53.8 Å². The van der Waals surface area contributed by atoms with Crippen LogP contribution in [0.25, 0.3) is 10.6 Å². The van der Waals surface area contributed by atoms with E-state index >= 15 is 0 Å². The number of hydrogen-bond donors (Lipinski definition) is 1. The zero-order valence-electron chi connectivity index (χ0n) is 16.0. The van der Waals surface area contributed by atoms with Crippen molar-refractivity contribution in [2.24, 2.45) is 11.8 Å². The summed E-state index contributed by atoms with van der Waals surface area (Å²) in [6, 6.07) is 9.08. The maximum atomic E-state index is 12.6. The number of amides is 1. The maximum Gasteiger partial charge on any atom is 0.356 e. The van der Waals surface area contributed by atoms with Crippen molar-refractivity contribution in [3.8, 4) is 16.3 Å². The molecule has 154 valence electrons. The van der Waals surface area contributed by atoms with E-state index in [2.05, 4.69) is 10.1 Å². The number of benzene rings is 1. The standard InChI is InChI=1S/C21H20N4O4S/c26-20(27)18-4-6-25(23-18)21(28)24-11-14-9-17(10-15(14)12-24)29-16-3-1-2-13(8-16)19-22-5-7-30-19/h1-8,14-15,17H,9-12H2,(H,26,27). The van der Waals surface area contributed by atoms with Crippen LogP contribution in [0.1, 0.15) is 23.3 Å². The lowest BCUT2D eigenvalue weighted by molar-refractivity contribution is 0.0690. The minimum Gasteiger partial charge on any atom is -0.490 e. The molecule has 1 aliphatic heterocycles. The van der Waals surface area contributed by atoms with Crippen molar-refractivity contribution < 1.29 is 19.4 Å². The summed E-state index contributed by atoms with van der Waals surface area (Å²) >= 11 is 1.60. The van der Waals surface area contributed by atoms with Crippen molar-refractivity contribution >= 4 is 23.3 Å². The number of hydrogen-bond acceptors (Lipinski definition) is 6. The van der Waals surface area contributed by atoms with Crippen LogP contribution in [-0.2, 0) is 0 Å². The minimum atomic E-state index is -1.14. The van der Waals surface area contributed by atoms with E-state index in [9.17, 15) is 9.59 Å². The largest absolute Gasteiger partial charge is 0.490 e. The number of carbonyl (C=O) groups excluding carboxylic acids is 1. The first-order valence-electron chi connectivity index (χ1n) is 9.81. The Morgan fingerprint density at radius 2 is 1.97 bits per heavy atom. The number of likely N-dealkylation sites (tertiary alicyclic amines) is 1. The number of ether oxygens (including phenoxy) is 1. The summed E-state index contributed by atoms with van der Waals surface area (Å²) in [5.74, 6) is 0.475. The molecular formula is C21H20N4O4S. The molecule has 0 bridgehead atoms. The monoisotopic (exact) mass is 424 g/mol. The number of aromatic nitrogens is 3. The van der Waals surface area contributed by atoms with Gasteiger partial charge in [0.05, 0.1) is 6.10 Å². The lowest BCUT2D eigenvalue weighted by Crippen LogP contribution is -2.34.